The molecule has 0 aliphatic heterocycles. The molecule has 3 heterocycles. The average Bonchev–Trinajstić information content (AvgIpc) is 3.24. The van der Waals surface area contributed by atoms with Crippen molar-refractivity contribution < 1.29 is 9.32 Å². The minimum Gasteiger partial charge on any atom is -0.365 e. The fourth-order valence-corrected chi connectivity index (χ4v) is 4.50. The quantitative estimate of drug-likeness (QED) is 0.232. The predicted octanol–water partition coefficient (Wildman–Crippen LogP) is 6.69. The van der Waals surface area contributed by atoms with Crippen molar-refractivity contribution in [2.45, 2.75) is 40.2 Å². The number of halogens is 1. The Kier molecular flexibility index (Phi) is 6.97. The van der Waals surface area contributed by atoms with E-state index in [1.807, 2.05) is 75.4 Å². The van der Waals surface area contributed by atoms with Gasteiger partial charge in [0.1, 0.15) is 11.6 Å². The Morgan fingerprint density at radius 2 is 1.86 bits per heavy atom. The molecule has 0 atom stereocenters. The van der Waals surface area contributed by atoms with Crippen molar-refractivity contribution in [2.24, 2.45) is 0 Å². The number of Topliss-reactive ketones (excluding diaryl/α,β-unsaturated/α-hetero) is 1. The van der Waals surface area contributed by atoms with E-state index in [-0.39, 0.29) is 11.6 Å². The lowest BCUT2D eigenvalue weighted by atomic mass is 10.0. The molecule has 186 valence electrons. The Morgan fingerprint density at radius 3 is 2.59 bits per heavy atom. The Labute approximate surface area is 219 Å². The number of benzene rings is 2. The maximum atomic E-state index is 13.1. The van der Waals surface area contributed by atoms with E-state index in [1.54, 1.807) is 6.20 Å². The molecule has 0 spiro atoms. The van der Waals surface area contributed by atoms with E-state index in [2.05, 4.69) is 25.4 Å². The van der Waals surface area contributed by atoms with Crippen LogP contribution in [0.3, 0.4) is 0 Å². The Hall–Kier alpha value is -4.10. The highest BCUT2D eigenvalue weighted by molar-refractivity contribution is 6.30. The van der Waals surface area contributed by atoms with Gasteiger partial charge in [0.15, 0.2) is 11.6 Å². The van der Waals surface area contributed by atoms with Crippen molar-refractivity contribution in [1.29, 1.82) is 0 Å². The summed E-state index contributed by atoms with van der Waals surface area (Å²) in [6.45, 7) is 6.23. The third-order valence-electron chi connectivity index (χ3n) is 6.23. The molecule has 0 aliphatic rings. The van der Waals surface area contributed by atoms with Crippen molar-refractivity contribution in [3.8, 4) is 11.1 Å². The Balaban J connectivity index is 1.50. The van der Waals surface area contributed by atoms with Crippen molar-refractivity contribution in [1.82, 2.24) is 20.1 Å². The van der Waals surface area contributed by atoms with Crippen LogP contribution in [-0.4, -0.2) is 25.9 Å². The zero-order valence-corrected chi connectivity index (χ0v) is 21.6. The second kappa shape index (κ2) is 10.5. The van der Waals surface area contributed by atoms with E-state index in [9.17, 15) is 4.79 Å². The minimum atomic E-state index is -0.122. The molecule has 0 bridgehead atoms. The van der Waals surface area contributed by atoms with Crippen LogP contribution in [0.2, 0.25) is 5.02 Å². The number of ketones is 1. The van der Waals surface area contributed by atoms with Crippen molar-refractivity contribution >= 4 is 34.1 Å². The van der Waals surface area contributed by atoms with Gasteiger partial charge in [-0.2, -0.15) is 0 Å². The van der Waals surface area contributed by atoms with Crippen molar-refractivity contribution in [3.63, 3.8) is 0 Å². The first-order chi connectivity index (χ1) is 17.9. The Morgan fingerprint density at radius 1 is 1.00 bits per heavy atom. The highest BCUT2D eigenvalue weighted by atomic mass is 35.5. The summed E-state index contributed by atoms with van der Waals surface area (Å²) in [4.78, 5) is 26.7. The van der Waals surface area contributed by atoms with Crippen LogP contribution in [0.4, 0.5) is 5.82 Å². The zero-order valence-electron chi connectivity index (χ0n) is 20.9. The first-order valence-electron chi connectivity index (χ1n) is 12.1. The minimum absolute atomic E-state index is 0.122. The van der Waals surface area contributed by atoms with Crippen molar-refractivity contribution in [2.75, 3.05) is 5.32 Å². The van der Waals surface area contributed by atoms with E-state index in [0.717, 1.165) is 44.8 Å². The molecule has 8 heteroatoms. The van der Waals surface area contributed by atoms with Gasteiger partial charge in [0.2, 0.25) is 0 Å². The van der Waals surface area contributed by atoms with Gasteiger partial charge in [-0.1, -0.05) is 41.0 Å². The summed E-state index contributed by atoms with van der Waals surface area (Å²) in [5, 5.41) is 8.95. The predicted molar refractivity (Wildman–Crippen MR) is 145 cm³/mol. The molecular formula is C29H26ClN5O2. The van der Waals surface area contributed by atoms with Gasteiger partial charge in [-0.05, 0) is 74.2 Å². The third kappa shape index (κ3) is 5.52. The molecule has 37 heavy (non-hydrogen) atoms. The van der Waals surface area contributed by atoms with Crippen LogP contribution in [0.5, 0.6) is 0 Å². The number of anilines is 1. The molecule has 0 saturated heterocycles. The Bertz CT molecular complexity index is 1580. The molecular weight excluding hydrogens is 486 g/mol. The normalized spacial score (nSPS) is 11.1. The monoisotopic (exact) mass is 511 g/mol. The topological polar surface area (TPSA) is 93.8 Å². The lowest BCUT2D eigenvalue weighted by Gasteiger charge is -2.12. The summed E-state index contributed by atoms with van der Waals surface area (Å²) in [7, 11) is 0. The molecule has 0 unspecified atom stereocenters. The van der Waals surface area contributed by atoms with E-state index in [4.69, 9.17) is 16.1 Å². The molecule has 5 aromatic rings. The third-order valence-corrected chi connectivity index (χ3v) is 6.46. The van der Waals surface area contributed by atoms with Crippen LogP contribution in [0.15, 0.2) is 65.3 Å². The SMILES string of the molecule is Cc1ccc(CCC(=O)c2nc(NCc3cccc(Cl)c3)c3cc(-c4c(C)noc4C)ccc3n2)cn1. The number of aromatic nitrogens is 4. The number of aryl methyl sites for hydroxylation is 4. The van der Waals surface area contributed by atoms with Gasteiger partial charge in [0.25, 0.3) is 0 Å². The van der Waals surface area contributed by atoms with Gasteiger partial charge in [0, 0.05) is 40.8 Å². The molecule has 0 fully saturated rings. The maximum absolute atomic E-state index is 13.1. The van der Waals surface area contributed by atoms with Gasteiger partial charge < -0.3 is 9.84 Å². The zero-order chi connectivity index (χ0) is 25.9. The summed E-state index contributed by atoms with van der Waals surface area (Å²) in [5.41, 5.74) is 6.32. The number of carbonyl (C=O) groups is 1. The number of rotatable bonds is 8. The molecule has 0 amide bonds. The van der Waals surface area contributed by atoms with Gasteiger partial charge in [-0.3, -0.25) is 9.78 Å². The standard InChI is InChI=1S/C29H26ClN5O2/c1-17-7-8-20(15-31-17)9-12-26(36)29-33-25-11-10-22(27-18(2)35-37-19(27)3)14-24(25)28(34-29)32-16-21-5-4-6-23(30)13-21/h4-8,10-11,13-15H,9,12,16H2,1-3H3,(H,32,33,34). The van der Waals surface area contributed by atoms with E-state index < -0.39 is 0 Å². The van der Waals surface area contributed by atoms with Gasteiger partial charge in [-0.15, -0.1) is 0 Å². The number of hydrogen-bond donors (Lipinski definition) is 1. The summed E-state index contributed by atoms with van der Waals surface area (Å²) in [5.74, 6) is 1.39. The average molecular weight is 512 g/mol. The van der Waals surface area contributed by atoms with Crippen LogP contribution >= 0.6 is 11.6 Å². The van der Waals surface area contributed by atoms with E-state index >= 15 is 0 Å². The maximum Gasteiger partial charge on any atom is 0.200 e. The van der Waals surface area contributed by atoms with Gasteiger partial charge in [-0.25, -0.2) is 9.97 Å². The number of nitrogens with one attached hydrogen (secondary N) is 1. The number of hydrogen-bond acceptors (Lipinski definition) is 7. The van der Waals surface area contributed by atoms with Gasteiger partial charge >= 0.3 is 0 Å². The van der Waals surface area contributed by atoms with Crippen LogP contribution in [0.1, 0.15) is 45.3 Å². The summed E-state index contributed by atoms with van der Waals surface area (Å²) < 4.78 is 5.37. The number of fused-ring (bicyclic) bond motifs is 1. The summed E-state index contributed by atoms with van der Waals surface area (Å²) >= 11 is 6.17. The molecule has 0 saturated carbocycles. The molecule has 2 aromatic carbocycles. The van der Waals surface area contributed by atoms with E-state index in [0.29, 0.717) is 35.7 Å². The fraction of sp³-hybridized carbons (Fsp3) is 0.207. The fourth-order valence-electron chi connectivity index (χ4n) is 4.29. The smallest absolute Gasteiger partial charge is 0.200 e. The molecule has 0 radical (unpaired) electrons. The molecule has 1 N–H and O–H groups in total. The summed E-state index contributed by atoms with van der Waals surface area (Å²) in [6.07, 6.45) is 2.67. The van der Waals surface area contributed by atoms with Crippen LogP contribution < -0.4 is 5.32 Å². The van der Waals surface area contributed by atoms with Gasteiger partial charge in [0.05, 0.1) is 11.2 Å². The second-order valence-corrected chi connectivity index (χ2v) is 9.48. The first-order valence-corrected chi connectivity index (χ1v) is 12.4. The summed E-state index contributed by atoms with van der Waals surface area (Å²) in [6, 6.07) is 17.4. The number of nitrogens with zero attached hydrogens (tertiary/aromatic N) is 4. The van der Waals surface area contributed by atoms with Crippen LogP contribution in [0, 0.1) is 20.8 Å². The molecule has 3 aromatic heterocycles. The van der Waals surface area contributed by atoms with E-state index in [1.165, 1.54) is 0 Å². The second-order valence-electron chi connectivity index (χ2n) is 9.04. The highest BCUT2D eigenvalue weighted by Gasteiger charge is 2.17. The first kappa shape index (κ1) is 24.6. The highest BCUT2D eigenvalue weighted by Crippen LogP contribution is 2.32. The van der Waals surface area contributed by atoms with Crippen LogP contribution in [-0.2, 0) is 13.0 Å². The molecule has 5 rings (SSSR count). The number of carbonyl (C=O) groups excluding carboxylic acids is 1. The lowest BCUT2D eigenvalue weighted by molar-refractivity contribution is 0.0973. The number of pyridine rings is 1. The molecule has 0 aliphatic carbocycles. The molecule has 7 nitrogen and oxygen atoms in total. The largest absolute Gasteiger partial charge is 0.365 e. The lowest BCUT2D eigenvalue weighted by Crippen LogP contribution is -2.11. The van der Waals surface area contributed by atoms with Crippen LogP contribution in [0.25, 0.3) is 22.0 Å². The van der Waals surface area contributed by atoms with Crippen molar-refractivity contribution in [3.05, 3.63) is 99.9 Å².